The Morgan fingerprint density at radius 1 is 0.716 bits per heavy atom. The number of halogens is 4. The molecule has 4 aromatic heterocycles. The van der Waals surface area contributed by atoms with Crippen molar-refractivity contribution in [3.05, 3.63) is 106 Å². The van der Waals surface area contributed by atoms with Gasteiger partial charge in [0.1, 0.15) is 11.6 Å². The van der Waals surface area contributed by atoms with Crippen LogP contribution in [-0.4, -0.2) is 64.2 Å². The lowest BCUT2D eigenvalue weighted by molar-refractivity contribution is 0.256. The Kier molecular flexibility index (Phi) is 17.1. The van der Waals surface area contributed by atoms with Crippen molar-refractivity contribution in [1.29, 1.82) is 4.78 Å². The first kappa shape index (κ1) is 51.8. The lowest BCUT2D eigenvalue weighted by Crippen LogP contribution is -2.34. The van der Waals surface area contributed by atoms with E-state index in [0.29, 0.717) is 56.5 Å². The van der Waals surface area contributed by atoms with Crippen LogP contribution in [0.3, 0.4) is 0 Å². The Hall–Kier alpha value is -6.16. The normalized spacial score (nSPS) is 12.6. The molecule has 67 heavy (non-hydrogen) atoms. The number of rotatable bonds is 14. The number of amides is 4. The van der Waals surface area contributed by atoms with Gasteiger partial charge in [-0.1, -0.05) is 50.9 Å². The molecule has 0 spiro atoms. The van der Waals surface area contributed by atoms with Gasteiger partial charge in [0.15, 0.2) is 31.0 Å². The van der Waals surface area contributed by atoms with Crippen molar-refractivity contribution in [2.24, 2.45) is 0 Å². The first-order valence-electron chi connectivity index (χ1n) is 20.6. The Morgan fingerprint density at radius 2 is 1.16 bits per heavy atom. The summed E-state index contributed by atoms with van der Waals surface area (Å²) in [4.78, 5) is 33.8. The van der Waals surface area contributed by atoms with E-state index in [0.717, 1.165) is 0 Å². The fraction of sp³-hybridized carbons (Fsp3) is 0.318. The number of pyridine rings is 2. The van der Waals surface area contributed by atoms with Crippen LogP contribution in [0.5, 0.6) is 11.8 Å². The van der Waals surface area contributed by atoms with E-state index in [4.69, 9.17) is 37.5 Å². The SMILES string of the molecule is COc1cc(-c2cc(F)cc(C(C)C)c2NC(=O)NS(=N)(=O)c2nn(C(C)C)cc2Cl)ccn1.COc1cc(-c2cc(F)cc(C(C)C)c2NC(=O)NS(=O)c2nn(C(C)C)cc2Cl)ccn1. The standard InChI is InChI=1S/C22H26ClFN6O3S.C22H25ClFN5O3S/c1-12(2)16-9-15(24)10-17(14-6-7-26-19(8-14)33-5)20(16)27-22(31)29-34(25,32)21-18(23)11-30(28-21)13(3)4;1-12(2)16-9-15(24)10-17(14-6-7-25-19(8-14)32-5)20(16)26-22(30)28-33(31)21-18(23)11-29(27-21)13(3)4/h6-13H,1-5H3,(H3,25,27,29,31,32);6-13H,1-5H3,(H2,26,28,30). The molecule has 358 valence electrons. The van der Waals surface area contributed by atoms with Crippen LogP contribution in [0.2, 0.25) is 10.0 Å². The number of hydrogen-bond acceptors (Lipinski definition) is 11. The number of nitrogens with zero attached hydrogens (tertiary/aromatic N) is 6. The predicted octanol–water partition coefficient (Wildman–Crippen LogP) is 10.9. The van der Waals surface area contributed by atoms with Gasteiger partial charge in [-0.2, -0.15) is 10.2 Å². The second-order valence-corrected chi connectivity index (χ2v) is 19.6. The van der Waals surface area contributed by atoms with E-state index in [1.807, 2.05) is 55.4 Å². The van der Waals surface area contributed by atoms with Gasteiger partial charge in [0.05, 0.1) is 35.6 Å². The molecule has 0 aliphatic carbocycles. The zero-order valence-corrected chi connectivity index (χ0v) is 41.3. The van der Waals surface area contributed by atoms with E-state index in [-0.39, 0.29) is 44.0 Å². The lowest BCUT2D eigenvalue weighted by Gasteiger charge is -2.19. The van der Waals surface area contributed by atoms with Gasteiger partial charge < -0.3 is 20.1 Å². The number of urea groups is 2. The molecule has 23 heteroatoms. The summed E-state index contributed by atoms with van der Waals surface area (Å²) in [5.74, 6) is -0.562. The average Bonchev–Trinajstić information content (AvgIpc) is 3.88. The summed E-state index contributed by atoms with van der Waals surface area (Å²) >= 11 is 12.3. The molecular weight excluding hydrogens is 952 g/mol. The van der Waals surface area contributed by atoms with Crippen molar-refractivity contribution in [2.75, 3.05) is 24.9 Å². The van der Waals surface area contributed by atoms with Crippen molar-refractivity contribution in [3.8, 4) is 34.0 Å². The van der Waals surface area contributed by atoms with Gasteiger partial charge in [0, 0.05) is 60.1 Å². The fourth-order valence-corrected chi connectivity index (χ4v) is 8.89. The molecule has 0 saturated heterocycles. The number of ether oxygens (including phenoxy) is 2. The van der Waals surface area contributed by atoms with Crippen LogP contribution in [0.15, 0.2) is 83.4 Å². The molecule has 6 aromatic rings. The number of nitrogens with one attached hydrogen (secondary N) is 5. The summed E-state index contributed by atoms with van der Waals surface area (Å²) in [6, 6.07) is 10.1. The van der Waals surface area contributed by atoms with Crippen molar-refractivity contribution in [2.45, 2.75) is 89.4 Å². The summed E-state index contributed by atoms with van der Waals surface area (Å²) in [5, 5.41) is 13.6. The third-order valence-corrected chi connectivity index (χ3v) is 12.9. The van der Waals surface area contributed by atoms with Gasteiger partial charge in [0.25, 0.3) is 0 Å². The number of carbonyl (C=O) groups is 2. The summed E-state index contributed by atoms with van der Waals surface area (Å²) in [7, 11) is -2.95. The molecule has 17 nitrogen and oxygen atoms in total. The van der Waals surface area contributed by atoms with E-state index >= 15 is 0 Å². The predicted molar refractivity (Wildman–Crippen MR) is 256 cm³/mol. The Morgan fingerprint density at radius 3 is 1.58 bits per heavy atom. The van der Waals surface area contributed by atoms with E-state index in [9.17, 15) is 26.8 Å². The number of hydrogen-bond donors (Lipinski definition) is 5. The smallest absolute Gasteiger partial charge is 0.332 e. The number of methoxy groups -OCH3 is 2. The molecule has 0 aliphatic heterocycles. The van der Waals surface area contributed by atoms with Crippen molar-refractivity contribution >= 4 is 67.5 Å². The van der Waals surface area contributed by atoms with Gasteiger partial charge in [-0.05, 0) is 98.2 Å². The minimum Gasteiger partial charge on any atom is -0.481 e. The average molecular weight is 1000 g/mol. The summed E-state index contributed by atoms with van der Waals surface area (Å²) in [5.41, 5.74) is 3.72. The van der Waals surface area contributed by atoms with Crippen LogP contribution in [0.1, 0.15) is 90.4 Å². The van der Waals surface area contributed by atoms with E-state index < -0.39 is 44.6 Å². The number of aromatic nitrogens is 6. The minimum atomic E-state index is -3.88. The first-order valence-corrected chi connectivity index (χ1v) is 24.0. The molecule has 2 aromatic carbocycles. The zero-order chi connectivity index (χ0) is 49.5. The Balaban J connectivity index is 0.000000251. The van der Waals surface area contributed by atoms with Crippen LogP contribution in [0.4, 0.5) is 29.7 Å². The maximum atomic E-state index is 14.5. The summed E-state index contributed by atoms with van der Waals surface area (Å²) in [6.45, 7) is 14.9. The molecule has 0 radical (unpaired) electrons. The molecule has 0 saturated carbocycles. The highest BCUT2D eigenvalue weighted by atomic mass is 35.5. The minimum absolute atomic E-state index is 0.00298. The highest BCUT2D eigenvalue weighted by molar-refractivity contribution is 7.91. The first-order chi connectivity index (χ1) is 31.5. The zero-order valence-electron chi connectivity index (χ0n) is 38.2. The number of anilines is 2. The van der Waals surface area contributed by atoms with E-state index in [1.165, 1.54) is 61.8 Å². The van der Waals surface area contributed by atoms with Gasteiger partial charge >= 0.3 is 12.1 Å². The fourth-order valence-electron chi connectivity index (χ4n) is 6.42. The third kappa shape index (κ3) is 12.8. The van der Waals surface area contributed by atoms with Crippen LogP contribution >= 0.6 is 23.2 Å². The van der Waals surface area contributed by atoms with Crippen molar-refractivity contribution in [1.82, 2.24) is 39.0 Å². The molecule has 0 fully saturated rings. The van der Waals surface area contributed by atoms with Crippen molar-refractivity contribution in [3.63, 3.8) is 0 Å². The molecule has 2 atom stereocenters. The molecule has 6 rings (SSSR count). The second kappa shape index (κ2) is 22.1. The Bertz CT molecular complexity index is 2910. The van der Waals surface area contributed by atoms with E-state index in [2.05, 4.69) is 40.2 Å². The van der Waals surface area contributed by atoms with Gasteiger partial charge in [-0.3, -0.25) is 14.1 Å². The summed E-state index contributed by atoms with van der Waals surface area (Å²) in [6.07, 6.45) is 6.02. The highest BCUT2D eigenvalue weighted by Crippen LogP contribution is 2.38. The van der Waals surface area contributed by atoms with Gasteiger partial charge in [-0.15, -0.1) is 0 Å². The van der Waals surface area contributed by atoms with Crippen LogP contribution in [0, 0.1) is 16.4 Å². The quantitative estimate of drug-likeness (QED) is 0.0695. The molecular formula is C44H51Cl2F2N11O6S2. The van der Waals surface area contributed by atoms with Gasteiger partial charge in [-0.25, -0.2) is 46.3 Å². The topological polar surface area (TPSA) is 220 Å². The molecule has 4 heterocycles. The highest BCUT2D eigenvalue weighted by Gasteiger charge is 2.25. The molecule has 5 N–H and O–H groups in total. The largest absolute Gasteiger partial charge is 0.481 e. The summed E-state index contributed by atoms with van der Waals surface area (Å²) < 4.78 is 80.7. The maximum absolute atomic E-state index is 14.5. The maximum Gasteiger partial charge on any atom is 0.332 e. The second-order valence-electron chi connectivity index (χ2n) is 16.0. The molecule has 0 aliphatic rings. The third-order valence-electron chi connectivity index (χ3n) is 9.74. The van der Waals surface area contributed by atoms with Crippen LogP contribution < -0.4 is 29.6 Å². The molecule has 4 amide bonds. The molecule has 2 unspecified atom stereocenters. The molecule has 0 bridgehead atoms. The van der Waals surface area contributed by atoms with Crippen LogP contribution in [-0.2, 0) is 20.9 Å². The van der Waals surface area contributed by atoms with Gasteiger partial charge in [0.2, 0.25) is 11.8 Å². The van der Waals surface area contributed by atoms with Crippen molar-refractivity contribution < 1.29 is 36.3 Å². The Labute approximate surface area is 400 Å². The lowest BCUT2D eigenvalue weighted by atomic mass is 9.94. The monoisotopic (exact) mass is 1000 g/mol. The number of carbonyl (C=O) groups excluding carboxylic acids is 2. The number of benzene rings is 2. The van der Waals surface area contributed by atoms with Crippen LogP contribution in [0.25, 0.3) is 22.3 Å². The van der Waals surface area contributed by atoms with E-state index in [1.54, 1.807) is 35.1 Å².